The molecule has 0 unspecified atom stereocenters. The maximum Gasteiger partial charge on any atom is 0.416 e. The van der Waals surface area contributed by atoms with Crippen molar-refractivity contribution in [2.75, 3.05) is 11.9 Å². The van der Waals surface area contributed by atoms with Crippen LogP contribution >= 0.6 is 15.9 Å². The molecule has 0 radical (unpaired) electrons. The van der Waals surface area contributed by atoms with Gasteiger partial charge in [-0.2, -0.15) is 13.2 Å². The number of aliphatic hydroxyl groups excluding tert-OH is 1. The summed E-state index contributed by atoms with van der Waals surface area (Å²) in [6, 6.07) is 3.55. The zero-order chi connectivity index (χ0) is 15.7. The van der Waals surface area contributed by atoms with E-state index in [2.05, 4.69) is 28.2 Å². The van der Waals surface area contributed by atoms with E-state index in [-0.39, 0.29) is 6.61 Å². The summed E-state index contributed by atoms with van der Waals surface area (Å²) in [4.78, 5) is 0. The lowest BCUT2D eigenvalue weighted by molar-refractivity contribution is -0.137. The third-order valence-electron chi connectivity index (χ3n) is 4.23. The second-order valence-electron chi connectivity index (χ2n) is 5.94. The monoisotopic (exact) mass is 365 g/mol. The molecule has 21 heavy (non-hydrogen) atoms. The summed E-state index contributed by atoms with van der Waals surface area (Å²) in [7, 11) is 0. The summed E-state index contributed by atoms with van der Waals surface area (Å²) in [5, 5.41) is 13.0. The van der Waals surface area contributed by atoms with Gasteiger partial charge in [-0.3, -0.25) is 0 Å². The van der Waals surface area contributed by atoms with Gasteiger partial charge in [0.15, 0.2) is 0 Å². The first-order valence-electron chi connectivity index (χ1n) is 7.01. The Kier molecular flexibility index (Phi) is 4.88. The van der Waals surface area contributed by atoms with Gasteiger partial charge in [0.05, 0.1) is 17.7 Å². The van der Waals surface area contributed by atoms with E-state index in [4.69, 9.17) is 0 Å². The molecular weight excluding hydrogens is 347 g/mol. The van der Waals surface area contributed by atoms with Gasteiger partial charge in [-0.1, -0.05) is 6.92 Å². The molecule has 1 aromatic carbocycles. The molecule has 118 valence electrons. The van der Waals surface area contributed by atoms with Crippen molar-refractivity contribution < 1.29 is 18.3 Å². The molecule has 0 amide bonds. The fourth-order valence-electron chi connectivity index (χ4n) is 2.72. The largest absolute Gasteiger partial charge is 0.416 e. The fraction of sp³-hybridized carbons (Fsp3) is 0.600. The highest BCUT2D eigenvalue weighted by molar-refractivity contribution is 9.10. The lowest BCUT2D eigenvalue weighted by atomic mass is 9.77. The first-order valence-corrected chi connectivity index (χ1v) is 7.81. The van der Waals surface area contributed by atoms with Crippen LogP contribution in [-0.2, 0) is 6.18 Å². The molecule has 0 atom stereocenters. The minimum absolute atomic E-state index is 0.0207. The summed E-state index contributed by atoms with van der Waals surface area (Å²) in [6.07, 6.45) is -0.704. The first kappa shape index (κ1) is 16.6. The van der Waals surface area contributed by atoms with E-state index in [1.165, 1.54) is 6.07 Å². The highest BCUT2D eigenvalue weighted by atomic mass is 79.9. The Hall–Kier alpha value is -0.750. The topological polar surface area (TPSA) is 32.3 Å². The van der Waals surface area contributed by atoms with Crippen LogP contribution in [0.2, 0.25) is 0 Å². The van der Waals surface area contributed by atoms with Crippen molar-refractivity contribution >= 4 is 21.6 Å². The van der Waals surface area contributed by atoms with Crippen LogP contribution in [0.3, 0.4) is 0 Å². The summed E-state index contributed by atoms with van der Waals surface area (Å²) < 4.78 is 38.3. The molecule has 0 bridgehead atoms. The summed E-state index contributed by atoms with van der Waals surface area (Å²) >= 11 is 3.19. The molecule has 6 heteroatoms. The molecule has 0 heterocycles. The zero-order valence-electron chi connectivity index (χ0n) is 11.8. The number of halogens is 4. The van der Waals surface area contributed by atoms with Crippen LogP contribution in [0.1, 0.15) is 38.2 Å². The zero-order valence-corrected chi connectivity index (χ0v) is 13.4. The number of rotatable bonds is 3. The van der Waals surface area contributed by atoms with Crippen molar-refractivity contribution in [1.82, 2.24) is 0 Å². The van der Waals surface area contributed by atoms with E-state index in [0.717, 1.165) is 37.8 Å². The molecule has 2 rings (SSSR count). The third kappa shape index (κ3) is 3.92. The average Bonchev–Trinajstić information content (AvgIpc) is 2.43. The number of aliphatic hydroxyl groups is 1. The Morgan fingerprint density at radius 1 is 1.33 bits per heavy atom. The molecule has 1 saturated carbocycles. The fourth-order valence-corrected chi connectivity index (χ4v) is 3.19. The van der Waals surface area contributed by atoms with Crippen LogP contribution in [0, 0.1) is 5.92 Å². The lowest BCUT2D eigenvalue weighted by Gasteiger charge is -2.39. The van der Waals surface area contributed by atoms with Crippen LogP contribution in [0.4, 0.5) is 18.9 Å². The normalized spacial score (nSPS) is 26.7. The van der Waals surface area contributed by atoms with E-state index in [1.54, 1.807) is 0 Å². The van der Waals surface area contributed by atoms with Crippen LogP contribution in [-0.4, -0.2) is 17.3 Å². The van der Waals surface area contributed by atoms with Gasteiger partial charge in [-0.25, -0.2) is 0 Å². The molecule has 0 saturated heterocycles. The number of hydrogen-bond acceptors (Lipinski definition) is 2. The standard InChI is InChI=1S/C15H19BrF3NO/c1-10-4-6-14(9-21,7-5-10)20-13-3-2-11(8-12(13)16)15(17,18)19/h2-3,8,10,20-21H,4-7,9H2,1H3. The van der Waals surface area contributed by atoms with Gasteiger partial charge >= 0.3 is 6.18 Å². The quantitative estimate of drug-likeness (QED) is 0.804. The predicted octanol–water partition coefficient (Wildman–Crippen LogP) is 4.82. The van der Waals surface area contributed by atoms with Crippen LogP contribution < -0.4 is 5.32 Å². The van der Waals surface area contributed by atoms with Gasteiger partial charge in [-0.15, -0.1) is 0 Å². The van der Waals surface area contributed by atoms with Crippen molar-refractivity contribution in [3.8, 4) is 0 Å². The molecule has 0 aliphatic heterocycles. The summed E-state index contributed by atoms with van der Waals surface area (Å²) in [5.41, 5.74) is -0.531. The summed E-state index contributed by atoms with van der Waals surface area (Å²) in [5.74, 6) is 0.627. The van der Waals surface area contributed by atoms with Crippen LogP contribution in [0.15, 0.2) is 22.7 Å². The van der Waals surface area contributed by atoms with Crippen molar-refractivity contribution in [2.24, 2.45) is 5.92 Å². The van der Waals surface area contributed by atoms with Crippen LogP contribution in [0.5, 0.6) is 0 Å². The Bertz CT molecular complexity index is 496. The molecule has 0 aromatic heterocycles. The first-order chi connectivity index (χ1) is 9.76. The van der Waals surface area contributed by atoms with E-state index >= 15 is 0 Å². The number of nitrogens with one attached hydrogen (secondary N) is 1. The molecular formula is C15H19BrF3NO. The molecule has 1 aromatic rings. The van der Waals surface area contributed by atoms with Crippen molar-refractivity contribution in [3.63, 3.8) is 0 Å². The van der Waals surface area contributed by atoms with Gasteiger partial charge in [-0.05, 0) is 65.7 Å². The Labute approximate surface area is 130 Å². The van der Waals surface area contributed by atoms with Crippen molar-refractivity contribution in [2.45, 2.75) is 44.3 Å². The second kappa shape index (κ2) is 6.16. The van der Waals surface area contributed by atoms with E-state index < -0.39 is 17.3 Å². The Balaban J connectivity index is 2.19. The maximum absolute atomic E-state index is 12.7. The van der Waals surface area contributed by atoms with Gasteiger partial charge in [0.2, 0.25) is 0 Å². The number of anilines is 1. The van der Waals surface area contributed by atoms with E-state index in [9.17, 15) is 18.3 Å². The molecule has 2 nitrogen and oxygen atoms in total. The van der Waals surface area contributed by atoms with Crippen molar-refractivity contribution in [3.05, 3.63) is 28.2 Å². The minimum Gasteiger partial charge on any atom is -0.394 e. The number of benzene rings is 1. The Morgan fingerprint density at radius 2 is 1.95 bits per heavy atom. The Morgan fingerprint density at radius 3 is 2.43 bits per heavy atom. The summed E-state index contributed by atoms with van der Waals surface area (Å²) in [6.45, 7) is 2.16. The smallest absolute Gasteiger partial charge is 0.394 e. The predicted molar refractivity (Wildman–Crippen MR) is 80.2 cm³/mol. The molecule has 1 aliphatic carbocycles. The highest BCUT2D eigenvalue weighted by Gasteiger charge is 2.35. The van der Waals surface area contributed by atoms with Crippen LogP contribution in [0.25, 0.3) is 0 Å². The van der Waals surface area contributed by atoms with E-state index in [0.29, 0.717) is 16.1 Å². The SMILES string of the molecule is CC1CCC(CO)(Nc2ccc(C(F)(F)F)cc2Br)CC1. The maximum atomic E-state index is 12.7. The molecule has 1 fully saturated rings. The third-order valence-corrected chi connectivity index (χ3v) is 4.89. The van der Waals surface area contributed by atoms with Gasteiger partial charge < -0.3 is 10.4 Å². The van der Waals surface area contributed by atoms with E-state index in [1.807, 2.05) is 0 Å². The number of alkyl halides is 3. The van der Waals surface area contributed by atoms with Crippen molar-refractivity contribution in [1.29, 1.82) is 0 Å². The molecule has 1 aliphatic rings. The highest BCUT2D eigenvalue weighted by Crippen LogP contribution is 2.38. The molecule has 0 spiro atoms. The average molecular weight is 366 g/mol. The minimum atomic E-state index is -4.35. The lowest BCUT2D eigenvalue weighted by Crippen LogP contribution is -2.45. The van der Waals surface area contributed by atoms with Gasteiger partial charge in [0, 0.05) is 10.2 Å². The van der Waals surface area contributed by atoms with Gasteiger partial charge in [0.25, 0.3) is 0 Å². The molecule has 2 N–H and O–H groups in total. The van der Waals surface area contributed by atoms with Gasteiger partial charge in [0.1, 0.15) is 0 Å². The number of hydrogen-bond donors (Lipinski definition) is 2. The second-order valence-corrected chi connectivity index (χ2v) is 6.79.